The molecule has 0 N–H and O–H groups in total. The average molecular weight is 301 g/mol. The zero-order chi connectivity index (χ0) is 14.6. The molecule has 1 aromatic carbocycles. The SMILES string of the molecule is O=COCC(c1ccccc1)c1ncsc1C(F)(F)F. The topological polar surface area (TPSA) is 39.2 Å². The highest BCUT2D eigenvalue weighted by atomic mass is 32.1. The molecule has 0 aliphatic heterocycles. The molecule has 2 rings (SSSR count). The summed E-state index contributed by atoms with van der Waals surface area (Å²) in [6.45, 7) is 0.0376. The Morgan fingerprint density at radius 2 is 2.00 bits per heavy atom. The molecule has 106 valence electrons. The Kier molecular flexibility index (Phi) is 4.39. The van der Waals surface area contributed by atoms with E-state index in [0.29, 0.717) is 16.9 Å². The van der Waals surface area contributed by atoms with E-state index in [2.05, 4.69) is 9.72 Å². The second-order valence-corrected chi connectivity index (χ2v) is 4.81. The average Bonchev–Trinajstić information content (AvgIpc) is 2.90. The number of alkyl halides is 3. The van der Waals surface area contributed by atoms with Gasteiger partial charge in [-0.3, -0.25) is 4.79 Å². The number of carbonyl (C=O) groups is 1. The van der Waals surface area contributed by atoms with Gasteiger partial charge in [0.1, 0.15) is 11.5 Å². The van der Waals surface area contributed by atoms with Gasteiger partial charge in [0.15, 0.2) is 0 Å². The number of benzene rings is 1. The van der Waals surface area contributed by atoms with Crippen LogP contribution >= 0.6 is 11.3 Å². The second kappa shape index (κ2) is 6.04. The van der Waals surface area contributed by atoms with Crippen LogP contribution in [-0.4, -0.2) is 18.1 Å². The van der Waals surface area contributed by atoms with E-state index in [0.717, 1.165) is 5.51 Å². The number of aromatic nitrogens is 1. The molecule has 0 amide bonds. The van der Waals surface area contributed by atoms with Crippen molar-refractivity contribution in [2.24, 2.45) is 0 Å². The monoisotopic (exact) mass is 301 g/mol. The van der Waals surface area contributed by atoms with Gasteiger partial charge in [0.2, 0.25) is 0 Å². The molecule has 1 heterocycles. The number of nitrogens with zero attached hydrogens (tertiary/aromatic N) is 1. The first-order valence-electron chi connectivity index (χ1n) is 5.64. The third-order valence-corrected chi connectivity index (χ3v) is 3.60. The van der Waals surface area contributed by atoms with Crippen molar-refractivity contribution in [3.8, 4) is 0 Å². The fraction of sp³-hybridized carbons (Fsp3) is 0.231. The number of carbonyl (C=O) groups excluding carboxylic acids is 1. The van der Waals surface area contributed by atoms with Crippen LogP contribution in [0.2, 0.25) is 0 Å². The van der Waals surface area contributed by atoms with E-state index in [4.69, 9.17) is 0 Å². The van der Waals surface area contributed by atoms with Gasteiger partial charge >= 0.3 is 6.18 Å². The van der Waals surface area contributed by atoms with Crippen molar-refractivity contribution in [2.75, 3.05) is 6.61 Å². The maximum absolute atomic E-state index is 12.9. The highest BCUT2D eigenvalue weighted by molar-refractivity contribution is 7.09. The second-order valence-electron chi connectivity index (χ2n) is 3.96. The quantitative estimate of drug-likeness (QED) is 0.794. The van der Waals surface area contributed by atoms with Crippen LogP contribution in [0.25, 0.3) is 0 Å². The summed E-state index contributed by atoms with van der Waals surface area (Å²) in [6.07, 6.45) is -4.47. The van der Waals surface area contributed by atoms with Gasteiger partial charge in [-0.1, -0.05) is 30.3 Å². The Balaban J connectivity index is 2.42. The molecule has 0 spiro atoms. The number of hydrogen-bond donors (Lipinski definition) is 0. The Morgan fingerprint density at radius 1 is 1.30 bits per heavy atom. The van der Waals surface area contributed by atoms with Gasteiger partial charge in [0.05, 0.1) is 17.1 Å². The van der Waals surface area contributed by atoms with Gasteiger partial charge in [0.25, 0.3) is 6.47 Å². The van der Waals surface area contributed by atoms with Gasteiger partial charge in [-0.2, -0.15) is 13.2 Å². The number of thiazole rings is 1. The summed E-state index contributed by atoms with van der Waals surface area (Å²) in [4.78, 5) is 13.4. The highest BCUT2D eigenvalue weighted by Gasteiger charge is 2.38. The molecule has 1 aromatic heterocycles. The van der Waals surface area contributed by atoms with Crippen LogP contribution in [0.15, 0.2) is 35.8 Å². The van der Waals surface area contributed by atoms with E-state index >= 15 is 0 Å². The first kappa shape index (κ1) is 14.5. The zero-order valence-electron chi connectivity index (χ0n) is 10.1. The summed E-state index contributed by atoms with van der Waals surface area (Å²) < 4.78 is 43.5. The maximum Gasteiger partial charge on any atom is 0.427 e. The van der Waals surface area contributed by atoms with E-state index in [9.17, 15) is 18.0 Å². The summed E-state index contributed by atoms with van der Waals surface area (Å²) in [5.41, 5.74) is 1.65. The maximum atomic E-state index is 12.9. The van der Waals surface area contributed by atoms with E-state index in [-0.39, 0.29) is 18.8 Å². The molecule has 0 saturated carbocycles. The lowest BCUT2D eigenvalue weighted by Crippen LogP contribution is -2.15. The minimum Gasteiger partial charge on any atom is -0.467 e. The highest BCUT2D eigenvalue weighted by Crippen LogP contribution is 2.39. The first-order chi connectivity index (χ1) is 9.54. The lowest BCUT2D eigenvalue weighted by atomic mass is 9.95. The largest absolute Gasteiger partial charge is 0.467 e. The van der Waals surface area contributed by atoms with Crippen molar-refractivity contribution in [1.29, 1.82) is 0 Å². The molecule has 3 nitrogen and oxygen atoms in total. The fourth-order valence-electron chi connectivity index (χ4n) is 1.87. The van der Waals surface area contributed by atoms with Gasteiger partial charge in [-0.15, -0.1) is 11.3 Å². The summed E-state index contributed by atoms with van der Waals surface area (Å²) in [6, 6.07) is 8.54. The van der Waals surface area contributed by atoms with Crippen molar-refractivity contribution >= 4 is 17.8 Å². The van der Waals surface area contributed by atoms with Crippen LogP contribution in [-0.2, 0) is 15.7 Å². The first-order valence-corrected chi connectivity index (χ1v) is 6.52. The summed E-state index contributed by atoms with van der Waals surface area (Å²) in [5.74, 6) is -0.732. The number of ether oxygens (including phenoxy) is 1. The number of halogens is 3. The molecular weight excluding hydrogens is 291 g/mol. The van der Waals surface area contributed by atoms with E-state index in [1.165, 1.54) is 0 Å². The van der Waals surface area contributed by atoms with Crippen LogP contribution in [0.3, 0.4) is 0 Å². The van der Waals surface area contributed by atoms with Crippen LogP contribution < -0.4 is 0 Å². The summed E-state index contributed by atoms with van der Waals surface area (Å²) in [5, 5.41) is 0. The van der Waals surface area contributed by atoms with Crippen molar-refractivity contribution in [3.05, 3.63) is 52.0 Å². The lowest BCUT2D eigenvalue weighted by Gasteiger charge is -2.17. The van der Waals surface area contributed by atoms with Crippen LogP contribution in [0.5, 0.6) is 0 Å². The zero-order valence-corrected chi connectivity index (χ0v) is 10.9. The Labute approximate surface area is 117 Å². The van der Waals surface area contributed by atoms with E-state index in [1.54, 1.807) is 30.3 Å². The van der Waals surface area contributed by atoms with Gasteiger partial charge < -0.3 is 4.74 Å². The number of hydrogen-bond acceptors (Lipinski definition) is 4. The van der Waals surface area contributed by atoms with Crippen LogP contribution in [0, 0.1) is 0 Å². The Hall–Kier alpha value is -1.89. The lowest BCUT2D eigenvalue weighted by molar-refractivity contribution is -0.135. The summed E-state index contributed by atoms with van der Waals surface area (Å²) in [7, 11) is 0. The van der Waals surface area contributed by atoms with E-state index in [1.807, 2.05) is 0 Å². The minimum atomic E-state index is -4.47. The molecule has 0 aliphatic carbocycles. The van der Waals surface area contributed by atoms with Crippen molar-refractivity contribution in [1.82, 2.24) is 4.98 Å². The Morgan fingerprint density at radius 3 is 2.60 bits per heavy atom. The van der Waals surface area contributed by atoms with Crippen molar-refractivity contribution in [3.63, 3.8) is 0 Å². The molecule has 1 atom stereocenters. The molecule has 0 saturated heterocycles. The summed E-state index contributed by atoms with van der Waals surface area (Å²) >= 11 is 0.533. The minimum absolute atomic E-state index is 0.115. The molecule has 7 heteroatoms. The molecule has 2 aromatic rings. The van der Waals surface area contributed by atoms with Crippen LogP contribution in [0.4, 0.5) is 13.2 Å². The third-order valence-electron chi connectivity index (χ3n) is 2.72. The Bertz CT molecular complexity index is 568. The smallest absolute Gasteiger partial charge is 0.427 e. The van der Waals surface area contributed by atoms with Gasteiger partial charge in [0, 0.05) is 0 Å². The molecule has 1 unspecified atom stereocenters. The third kappa shape index (κ3) is 3.16. The van der Waals surface area contributed by atoms with Crippen molar-refractivity contribution < 1.29 is 22.7 Å². The molecule has 0 fully saturated rings. The normalized spacial score (nSPS) is 12.9. The molecule has 0 radical (unpaired) electrons. The van der Waals surface area contributed by atoms with Crippen LogP contribution in [0.1, 0.15) is 22.1 Å². The van der Waals surface area contributed by atoms with Gasteiger partial charge in [-0.25, -0.2) is 4.98 Å². The standard InChI is InChI=1S/C13H10F3NO2S/c14-13(15,16)12-11(17-7-20-12)10(6-19-8-18)9-4-2-1-3-5-9/h1-5,7-8,10H,6H2. The molecule has 0 bridgehead atoms. The predicted molar refractivity (Wildman–Crippen MR) is 67.4 cm³/mol. The fourth-order valence-corrected chi connectivity index (χ4v) is 2.59. The predicted octanol–water partition coefficient (Wildman–Crippen LogP) is 3.47. The molecule has 0 aliphatic rings. The van der Waals surface area contributed by atoms with Crippen molar-refractivity contribution in [2.45, 2.75) is 12.1 Å². The molecular formula is C13H10F3NO2S. The number of rotatable bonds is 5. The van der Waals surface area contributed by atoms with Gasteiger partial charge in [-0.05, 0) is 5.56 Å². The van der Waals surface area contributed by atoms with E-state index < -0.39 is 17.0 Å². The molecule has 20 heavy (non-hydrogen) atoms.